The van der Waals surface area contributed by atoms with Crippen LogP contribution in [0, 0.1) is 0 Å². The van der Waals surface area contributed by atoms with Crippen molar-refractivity contribution >= 4 is 33.5 Å². The van der Waals surface area contributed by atoms with Crippen molar-refractivity contribution < 1.29 is 9.90 Å². The van der Waals surface area contributed by atoms with Crippen LogP contribution in [0.4, 0.5) is 0 Å². The van der Waals surface area contributed by atoms with Crippen LogP contribution in [0.3, 0.4) is 0 Å². The third-order valence-corrected chi connectivity index (χ3v) is 4.14. The lowest BCUT2D eigenvalue weighted by molar-refractivity contribution is -0.137. The molecule has 1 aliphatic rings. The third kappa shape index (κ3) is 3.95. The lowest BCUT2D eigenvalue weighted by atomic mass is 9.84. The van der Waals surface area contributed by atoms with E-state index in [2.05, 4.69) is 15.9 Å². The lowest BCUT2D eigenvalue weighted by Crippen LogP contribution is -2.10. The summed E-state index contributed by atoms with van der Waals surface area (Å²) in [6.45, 7) is 0. The van der Waals surface area contributed by atoms with E-state index in [1.807, 2.05) is 24.3 Å². The van der Waals surface area contributed by atoms with Crippen molar-refractivity contribution in [2.24, 2.45) is 0 Å². The van der Waals surface area contributed by atoms with Crippen molar-refractivity contribution in [3.05, 3.63) is 57.1 Å². The van der Waals surface area contributed by atoms with E-state index in [-0.39, 0.29) is 12.3 Å². The van der Waals surface area contributed by atoms with E-state index in [0.29, 0.717) is 5.02 Å². The monoisotopic (exact) mass is 340 g/mol. The zero-order valence-electron chi connectivity index (χ0n) is 10.3. The Labute approximate surface area is 125 Å². The fourth-order valence-corrected chi connectivity index (χ4v) is 2.71. The van der Waals surface area contributed by atoms with Gasteiger partial charge >= 0.3 is 5.97 Å². The van der Waals surface area contributed by atoms with Gasteiger partial charge < -0.3 is 5.11 Å². The highest BCUT2D eigenvalue weighted by molar-refractivity contribution is 9.11. The maximum Gasteiger partial charge on any atom is 0.304 e. The summed E-state index contributed by atoms with van der Waals surface area (Å²) < 4.78 is 1.15. The van der Waals surface area contributed by atoms with Crippen LogP contribution in [0.25, 0.3) is 0 Å². The molecule has 2 nitrogen and oxygen atoms in total. The van der Waals surface area contributed by atoms with Gasteiger partial charge in [-0.05, 0) is 35.0 Å². The number of rotatable bonds is 4. The molecule has 0 aromatic heterocycles. The van der Waals surface area contributed by atoms with Gasteiger partial charge in [0.15, 0.2) is 0 Å². The van der Waals surface area contributed by atoms with Crippen molar-refractivity contribution in [3.63, 3.8) is 0 Å². The summed E-state index contributed by atoms with van der Waals surface area (Å²) in [6, 6.07) is 7.43. The fourth-order valence-electron chi connectivity index (χ4n) is 2.25. The Morgan fingerprint density at radius 3 is 2.47 bits per heavy atom. The van der Waals surface area contributed by atoms with Gasteiger partial charge in [-0.1, -0.05) is 57.4 Å². The first-order chi connectivity index (χ1) is 9.06. The second-order valence-electron chi connectivity index (χ2n) is 4.56. The number of halogens is 2. The van der Waals surface area contributed by atoms with Crippen molar-refractivity contribution in [2.45, 2.75) is 25.2 Å². The SMILES string of the molecule is O=C(O)CC(C1=CC=C(Br)CC1)c1ccc(Cl)cc1. The number of hydrogen-bond acceptors (Lipinski definition) is 1. The Kier molecular flexibility index (Phi) is 4.83. The van der Waals surface area contributed by atoms with Crippen LogP contribution in [-0.4, -0.2) is 11.1 Å². The number of aliphatic carboxylic acids is 1. The molecule has 0 saturated heterocycles. The molecule has 0 radical (unpaired) electrons. The van der Waals surface area contributed by atoms with Crippen LogP contribution < -0.4 is 0 Å². The van der Waals surface area contributed by atoms with E-state index in [1.165, 1.54) is 0 Å². The van der Waals surface area contributed by atoms with E-state index in [0.717, 1.165) is 28.5 Å². The molecule has 100 valence electrons. The van der Waals surface area contributed by atoms with Crippen LogP contribution in [0.15, 0.2) is 46.5 Å². The highest BCUT2D eigenvalue weighted by Gasteiger charge is 2.21. The first-order valence-electron chi connectivity index (χ1n) is 6.08. The Morgan fingerprint density at radius 1 is 1.26 bits per heavy atom. The average Bonchev–Trinajstić information content (AvgIpc) is 2.38. The molecule has 2 rings (SSSR count). The molecule has 1 aliphatic carbocycles. The Hall–Kier alpha value is -1.06. The minimum absolute atomic E-state index is 0.0772. The van der Waals surface area contributed by atoms with Gasteiger partial charge in [0.1, 0.15) is 0 Å². The van der Waals surface area contributed by atoms with Gasteiger partial charge in [-0.2, -0.15) is 0 Å². The summed E-state index contributed by atoms with van der Waals surface area (Å²) in [5.74, 6) is -0.860. The summed E-state index contributed by atoms with van der Waals surface area (Å²) in [5, 5.41) is 9.77. The third-order valence-electron chi connectivity index (χ3n) is 3.23. The maximum absolute atomic E-state index is 11.1. The minimum Gasteiger partial charge on any atom is -0.481 e. The molecular weight excluding hydrogens is 328 g/mol. The summed E-state index contributed by atoms with van der Waals surface area (Å²) in [5.41, 5.74) is 2.16. The number of benzene rings is 1. The molecule has 1 N–H and O–H groups in total. The standard InChI is InChI=1S/C15H14BrClO2/c16-12-5-1-10(2-6-12)14(9-15(18)19)11-3-7-13(17)8-4-11/h1,3-5,7-8,14H,2,6,9H2,(H,18,19). The van der Waals surface area contributed by atoms with Gasteiger partial charge in [-0.3, -0.25) is 4.79 Å². The van der Waals surface area contributed by atoms with Gasteiger partial charge in [0, 0.05) is 10.9 Å². The number of allylic oxidation sites excluding steroid dienone is 4. The molecule has 0 amide bonds. The van der Waals surface area contributed by atoms with Gasteiger partial charge in [0.25, 0.3) is 0 Å². The molecule has 0 saturated carbocycles. The van der Waals surface area contributed by atoms with Crippen LogP contribution >= 0.6 is 27.5 Å². The van der Waals surface area contributed by atoms with E-state index >= 15 is 0 Å². The molecule has 0 fully saturated rings. The molecule has 4 heteroatoms. The molecule has 0 bridgehead atoms. The van der Waals surface area contributed by atoms with Crippen LogP contribution in [0.2, 0.25) is 5.02 Å². The molecule has 19 heavy (non-hydrogen) atoms. The molecular formula is C15H14BrClO2. The van der Waals surface area contributed by atoms with Crippen molar-refractivity contribution in [3.8, 4) is 0 Å². The van der Waals surface area contributed by atoms with Gasteiger partial charge in [-0.25, -0.2) is 0 Å². The van der Waals surface area contributed by atoms with Crippen molar-refractivity contribution in [1.82, 2.24) is 0 Å². The quantitative estimate of drug-likeness (QED) is 0.846. The van der Waals surface area contributed by atoms with Crippen LogP contribution in [0.1, 0.15) is 30.7 Å². The largest absolute Gasteiger partial charge is 0.481 e. The molecule has 1 unspecified atom stereocenters. The normalized spacial score (nSPS) is 16.5. The van der Waals surface area contributed by atoms with Crippen molar-refractivity contribution in [1.29, 1.82) is 0 Å². The van der Waals surface area contributed by atoms with E-state index in [1.54, 1.807) is 12.1 Å². The Balaban J connectivity index is 2.30. The number of carbonyl (C=O) groups is 1. The first-order valence-corrected chi connectivity index (χ1v) is 7.25. The smallest absolute Gasteiger partial charge is 0.304 e. The average molecular weight is 342 g/mol. The van der Waals surface area contributed by atoms with Crippen molar-refractivity contribution in [2.75, 3.05) is 0 Å². The second kappa shape index (κ2) is 6.40. The van der Waals surface area contributed by atoms with Crippen LogP contribution in [0.5, 0.6) is 0 Å². The fraction of sp³-hybridized carbons (Fsp3) is 0.267. The highest BCUT2D eigenvalue weighted by Crippen LogP contribution is 2.35. The van der Waals surface area contributed by atoms with E-state index < -0.39 is 5.97 Å². The number of hydrogen-bond donors (Lipinski definition) is 1. The zero-order chi connectivity index (χ0) is 13.8. The summed E-state index contributed by atoms with van der Waals surface area (Å²) >= 11 is 9.34. The predicted octanol–water partition coefficient (Wildman–Crippen LogP) is 4.90. The molecule has 0 aliphatic heterocycles. The predicted molar refractivity (Wildman–Crippen MR) is 80.8 cm³/mol. The van der Waals surface area contributed by atoms with Gasteiger partial charge in [0.05, 0.1) is 6.42 Å². The zero-order valence-corrected chi connectivity index (χ0v) is 12.6. The molecule has 0 spiro atoms. The Bertz CT molecular complexity index is 532. The number of carboxylic acids is 1. The van der Waals surface area contributed by atoms with E-state index in [4.69, 9.17) is 16.7 Å². The number of carboxylic acid groups (broad SMARTS) is 1. The molecule has 1 atom stereocenters. The summed E-state index contributed by atoms with van der Waals surface area (Å²) in [6.07, 6.45) is 5.95. The summed E-state index contributed by atoms with van der Waals surface area (Å²) in [4.78, 5) is 11.1. The second-order valence-corrected chi connectivity index (χ2v) is 6.01. The first kappa shape index (κ1) is 14.4. The van der Waals surface area contributed by atoms with Gasteiger partial charge in [-0.15, -0.1) is 0 Å². The molecule has 0 heterocycles. The maximum atomic E-state index is 11.1. The summed E-state index contributed by atoms with van der Waals surface area (Å²) in [7, 11) is 0. The molecule has 1 aromatic carbocycles. The van der Waals surface area contributed by atoms with Crippen LogP contribution in [-0.2, 0) is 4.79 Å². The minimum atomic E-state index is -0.783. The lowest BCUT2D eigenvalue weighted by Gasteiger charge is -2.21. The van der Waals surface area contributed by atoms with Gasteiger partial charge in [0.2, 0.25) is 0 Å². The molecule has 1 aromatic rings. The highest BCUT2D eigenvalue weighted by atomic mass is 79.9. The topological polar surface area (TPSA) is 37.3 Å². The Morgan fingerprint density at radius 2 is 1.95 bits per heavy atom. The van der Waals surface area contributed by atoms with E-state index in [9.17, 15) is 4.79 Å².